The minimum atomic E-state index is -1.39. The Kier molecular flexibility index (Phi) is 2.44. The number of aromatic nitrogens is 2. The summed E-state index contributed by atoms with van der Waals surface area (Å²) in [6.45, 7) is 6.51. The van der Waals surface area contributed by atoms with Crippen molar-refractivity contribution < 1.29 is 4.42 Å². The van der Waals surface area contributed by atoms with Crippen molar-refractivity contribution in [1.29, 1.82) is 0 Å². The van der Waals surface area contributed by atoms with Crippen molar-refractivity contribution in [1.82, 2.24) is 9.97 Å². The number of rotatable bonds is 0. The van der Waals surface area contributed by atoms with Crippen LogP contribution in [0.1, 0.15) is 5.56 Å². The quantitative estimate of drug-likeness (QED) is 0.556. The maximum atomic E-state index is 10.9. The summed E-state index contributed by atoms with van der Waals surface area (Å²) in [5, 5.41) is 0. The van der Waals surface area contributed by atoms with Gasteiger partial charge >= 0.3 is 5.76 Å². The Morgan fingerprint density at radius 2 is 2.19 bits per heavy atom. The van der Waals surface area contributed by atoms with Crippen molar-refractivity contribution in [3.05, 3.63) is 28.4 Å². The van der Waals surface area contributed by atoms with Gasteiger partial charge in [0.2, 0.25) is 0 Å². The number of nitrogens with one attached hydrogen (secondary N) is 1. The Labute approximate surface area is 93.7 Å². The zero-order valence-electron chi connectivity index (χ0n) is 9.42. The number of nitrogens with zero attached hydrogens (tertiary/aromatic N) is 1. The summed E-state index contributed by atoms with van der Waals surface area (Å²) in [6.07, 6.45) is 1.64. The van der Waals surface area contributed by atoms with E-state index in [1.165, 1.54) is 0 Å². The highest BCUT2D eigenvalue weighted by atomic mass is 28.3. The van der Waals surface area contributed by atoms with Gasteiger partial charge < -0.3 is 4.42 Å². The summed E-state index contributed by atoms with van der Waals surface area (Å²) in [5.41, 5.74) is 4.92. The lowest BCUT2D eigenvalue weighted by atomic mass is 10.3. The molecule has 4 nitrogen and oxygen atoms in total. The highest BCUT2D eigenvalue weighted by molar-refractivity contribution is 6.83. The summed E-state index contributed by atoms with van der Waals surface area (Å²) in [4.78, 5) is 17.5. The second-order valence-corrected chi connectivity index (χ2v) is 9.34. The van der Waals surface area contributed by atoms with Crippen molar-refractivity contribution in [3.8, 4) is 11.5 Å². The maximum absolute atomic E-state index is 10.9. The van der Waals surface area contributed by atoms with Crippen LogP contribution in [0.15, 0.2) is 21.5 Å². The van der Waals surface area contributed by atoms with Crippen LogP contribution < -0.4 is 5.76 Å². The summed E-state index contributed by atoms with van der Waals surface area (Å²) >= 11 is 0. The number of pyridine rings is 1. The van der Waals surface area contributed by atoms with Crippen LogP contribution in [0, 0.1) is 11.5 Å². The third-order valence-electron chi connectivity index (χ3n) is 1.86. The molecule has 0 aliphatic heterocycles. The van der Waals surface area contributed by atoms with E-state index >= 15 is 0 Å². The highest BCUT2D eigenvalue weighted by Gasteiger charge is 2.08. The van der Waals surface area contributed by atoms with Gasteiger partial charge in [-0.2, -0.15) is 0 Å². The SMILES string of the molecule is C[Si](C)(C)C#Cc1cnc2[nH]c(=O)oc2c1. The summed E-state index contributed by atoms with van der Waals surface area (Å²) in [7, 11) is -1.39. The molecule has 0 unspecified atom stereocenters. The first-order valence-electron chi connectivity index (χ1n) is 4.96. The number of aromatic amines is 1. The van der Waals surface area contributed by atoms with Crippen LogP contribution >= 0.6 is 0 Å². The lowest BCUT2D eigenvalue weighted by molar-refractivity contribution is 0.555. The van der Waals surface area contributed by atoms with Crippen molar-refractivity contribution >= 4 is 19.3 Å². The van der Waals surface area contributed by atoms with Gasteiger partial charge in [0.05, 0.1) is 0 Å². The average molecular weight is 232 g/mol. The molecule has 0 amide bonds. The fraction of sp³-hybridized carbons (Fsp3) is 0.273. The van der Waals surface area contributed by atoms with Crippen molar-refractivity contribution in [3.63, 3.8) is 0 Å². The van der Waals surface area contributed by atoms with Gasteiger partial charge in [0.1, 0.15) is 8.07 Å². The van der Waals surface area contributed by atoms with Crippen LogP contribution in [0.3, 0.4) is 0 Å². The van der Waals surface area contributed by atoms with Gasteiger partial charge in [-0.05, 0) is 0 Å². The second kappa shape index (κ2) is 3.65. The molecule has 2 rings (SSSR count). The first kappa shape index (κ1) is 10.7. The number of oxazole rings is 1. The molecule has 0 spiro atoms. The molecule has 5 heteroatoms. The van der Waals surface area contributed by atoms with Crippen LogP contribution in [-0.4, -0.2) is 18.0 Å². The first-order valence-corrected chi connectivity index (χ1v) is 8.46. The molecule has 0 aliphatic carbocycles. The van der Waals surface area contributed by atoms with E-state index in [9.17, 15) is 4.79 Å². The molecule has 2 heterocycles. The van der Waals surface area contributed by atoms with E-state index in [0.29, 0.717) is 11.2 Å². The van der Waals surface area contributed by atoms with E-state index in [0.717, 1.165) is 5.56 Å². The van der Waals surface area contributed by atoms with Gasteiger partial charge in [0, 0.05) is 17.8 Å². The van der Waals surface area contributed by atoms with E-state index in [1.807, 2.05) is 0 Å². The lowest BCUT2D eigenvalue weighted by Crippen LogP contribution is -2.16. The van der Waals surface area contributed by atoms with E-state index in [1.54, 1.807) is 12.3 Å². The van der Waals surface area contributed by atoms with Crippen molar-refractivity contribution in [2.24, 2.45) is 0 Å². The first-order chi connectivity index (χ1) is 7.44. The van der Waals surface area contributed by atoms with E-state index < -0.39 is 13.8 Å². The molecule has 0 radical (unpaired) electrons. The van der Waals surface area contributed by atoms with E-state index in [-0.39, 0.29) is 0 Å². The molecule has 82 valence electrons. The van der Waals surface area contributed by atoms with Gasteiger partial charge in [-0.25, -0.2) is 9.78 Å². The standard InChI is InChI=1S/C11H12N2O2Si/c1-16(2,3)5-4-8-6-9-10(12-7-8)13-11(14)15-9/h6-7H,1-3H3,(H,12,13,14). The topological polar surface area (TPSA) is 58.9 Å². The molecule has 0 aromatic carbocycles. The monoisotopic (exact) mass is 232 g/mol. The molecular weight excluding hydrogens is 220 g/mol. The Hall–Kier alpha value is -1.80. The fourth-order valence-corrected chi connectivity index (χ4v) is 1.69. The van der Waals surface area contributed by atoms with E-state index in [2.05, 4.69) is 41.1 Å². The molecule has 1 N–H and O–H groups in total. The fourth-order valence-electron chi connectivity index (χ4n) is 1.17. The smallest absolute Gasteiger partial charge is 0.406 e. The number of hydrogen-bond donors (Lipinski definition) is 1. The largest absolute Gasteiger partial charge is 0.418 e. The minimum Gasteiger partial charge on any atom is -0.406 e. The number of hydrogen-bond acceptors (Lipinski definition) is 3. The van der Waals surface area contributed by atoms with Crippen LogP contribution in [0.5, 0.6) is 0 Å². The predicted molar refractivity (Wildman–Crippen MR) is 64.9 cm³/mol. The molecule has 0 fully saturated rings. The van der Waals surface area contributed by atoms with Crippen LogP contribution in [0.4, 0.5) is 0 Å². The van der Waals surface area contributed by atoms with Gasteiger partial charge in [0.15, 0.2) is 11.2 Å². The lowest BCUT2D eigenvalue weighted by Gasteiger charge is -2.02. The van der Waals surface area contributed by atoms with Crippen molar-refractivity contribution in [2.75, 3.05) is 0 Å². The summed E-state index contributed by atoms with van der Waals surface area (Å²) in [6, 6.07) is 1.73. The molecule has 2 aromatic heterocycles. The zero-order chi connectivity index (χ0) is 11.8. The molecule has 0 aliphatic rings. The van der Waals surface area contributed by atoms with Gasteiger partial charge in [-0.15, -0.1) is 5.54 Å². The zero-order valence-corrected chi connectivity index (χ0v) is 10.4. The highest BCUT2D eigenvalue weighted by Crippen LogP contribution is 2.08. The predicted octanol–water partition coefficient (Wildman–Crippen LogP) is 1.74. The number of H-pyrrole nitrogens is 1. The van der Waals surface area contributed by atoms with Crippen molar-refractivity contribution in [2.45, 2.75) is 19.6 Å². The summed E-state index contributed by atoms with van der Waals surface area (Å²) in [5.74, 6) is 2.57. The average Bonchev–Trinajstić information content (AvgIpc) is 2.52. The third-order valence-corrected chi connectivity index (χ3v) is 2.73. The molecule has 0 bridgehead atoms. The van der Waals surface area contributed by atoms with Gasteiger partial charge in [0.25, 0.3) is 0 Å². The Morgan fingerprint density at radius 1 is 1.44 bits per heavy atom. The molecular formula is C11H12N2O2Si. The Balaban J connectivity index is 2.46. The molecule has 2 aromatic rings. The molecule has 16 heavy (non-hydrogen) atoms. The Morgan fingerprint density at radius 3 is 2.88 bits per heavy atom. The number of fused-ring (bicyclic) bond motifs is 1. The van der Waals surface area contributed by atoms with Crippen LogP contribution in [0.25, 0.3) is 11.2 Å². The minimum absolute atomic E-state index is 0.451. The maximum Gasteiger partial charge on any atom is 0.418 e. The van der Waals surface area contributed by atoms with Gasteiger partial charge in [-0.3, -0.25) is 4.98 Å². The Bertz CT molecular complexity index is 638. The van der Waals surface area contributed by atoms with Gasteiger partial charge in [-0.1, -0.05) is 25.6 Å². The van der Waals surface area contributed by atoms with E-state index in [4.69, 9.17) is 4.42 Å². The van der Waals surface area contributed by atoms with Crippen LogP contribution in [-0.2, 0) is 0 Å². The third kappa shape index (κ3) is 2.41. The van der Waals surface area contributed by atoms with Crippen LogP contribution in [0.2, 0.25) is 19.6 Å². The normalized spacial score (nSPS) is 11.2. The second-order valence-electron chi connectivity index (χ2n) is 4.59. The molecule has 0 saturated carbocycles. The summed E-state index contributed by atoms with van der Waals surface area (Å²) < 4.78 is 4.91. The molecule has 0 atom stereocenters. The molecule has 0 saturated heterocycles.